The molecule has 0 bridgehead atoms. The molecule has 0 spiro atoms. The number of amides is 1. The molecule has 3 N–H and O–H groups in total. The Morgan fingerprint density at radius 3 is 2.75 bits per heavy atom. The average Bonchev–Trinajstić information content (AvgIpc) is 2.56. The summed E-state index contributed by atoms with van der Waals surface area (Å²) in [5.41, 5.74) is 9.44. The largest absolute Gasteiger partial charge is 0.397 e. The van der Waals surface area contributed by atoms with Gasteiger partial charge in [0, 0.05) is 21.8 Å². The monoisotopic (exact) mass is 435 g/mol. The number of piperidine rings is 1. The molecule has 1 heterocycles. The second-order valence-electron chi connectivity index (χ2n) is 6.25. The van der Waals surface area contributed by atoms with Crippen LogP contribution in [0.3, 0.4) is 0 Å². The summed E-state index contributed by atoms with van der Waals surface area (Å²) >= 11 is 2.17. The molecule has 24 heavy (non-hydrogen) atoms. The highest BCUT2D eigenvalue weighted by Gasteiger charge is 2.20. The van der Waals surface area contributed by atoms with Crippen molar-refractivity contribution in [1.29, 1.82) is 0 Å². The van der Waals surface area contributed by atoms with Crippen LogP contribution in [0.1, 0.15) is 36.5 Å². The quantitative estimate of drug-likeness (QED) is 0.551. The molecule has 0 aliphatic carbocycles. The van der Waals surface area contributed by atoms with Crippen LogP contribution in [0.2, 0.25) is 0 Å². The number of hydrogen-bond acceptors (Lipinski definition) is 3. The maximum atomic E-state index is 12.4. The molecule has 0 radical (unpaired) electrons. The number of benzene rings is 2. The summed E-state index contributed by atoms with van der Waals surface area (Å²) in [5.74, 6) is -0.113. The summed E-state index contributed by atoms with van der Waals surface area (Å²) in [6.07, 6.45) is 3.68. The molecule has 126 valence electrons. The molecule has 3 rings (SSSR count). The first-order valence-corrected chi connectivity index (χ1v) is 9.36. The van der Waals surface area contributed by atoms with Crippen molar-refractivity contribution < 1.29 is 4.79 Å². The van der Waals surface area contributed by atoms with Gasteiger partial charge in [0.2, 0.25) is 0 Å². The molecule has 1 amide bonds. The lowest BCUT2D eigenvalue weighted by Gasteiger charge is -2.36. The third-order valence-electron chi connectivity index (χ3n) is 4.52. The van der Waals surface area contributed by atoms with Gasteiger partial charge in [-0.15, -0.1) is 0 Å². The first-order valence-electron chi connectivity index (χ1n) is 8.28. The highest BCUT2D eigenvalue weighted by molar-refractivity contribution is 14.1. The van der Waals surface area contributed by atoms with Gasteiger partial charge in [-0.25, -0.2) is 0 Å². The van der Waals surface area contributed by atoms with Crippen molar-refractivity contribution in [3.05, 3.63) is 51.6 Å². The number of carbonyl (C=O) groups excluding carboxylic acids is 1. The Labute approximate surface area is 156 Å². The number of nitrogens with two attached hydrogens (primary N) is 1. The maximum absolute atomic E-state index is 12.4. The minimum Gasteiger partial charge on any atom is -0.397 e. The topological polar surface area (TPSA) is 58.4 Å². The van der Waals surface area contributed by atoms with E-state index in [1.807, 2.05) is 42.5 Å². The highest BCUT2D eigenvalue weighted by Crippen LogP contribution is 2.31. The fourth-order valence-electron chi connectivity index (χ4n) is 3.19. The van der Waals surface area contributed by atoms with Crippen LogP contribution in [-0.4, -0.2) is 18.5 Å². The zero-order valence-electron chi connectivity index (χ0n) is 13.8. The van der Waals surface area contributed by atoms with Crippen LogP contribution < -0.4 is 16.0 Å². The van der Waals surface area contributed by atoms with E-state index >= 15 is 0 Å². The molecular weight excluding hydrogens is 413 g/mol. The van der Waals surface area contributed by atoms with Gasteiger partial charge in [0.15, 0.2) is 0 Å². The molecule has 1 aliphatic rings. The summed E-state index contributed by atoms with van der Waals surface area (Å²) in [7, 11) is 0. The zero-order chi connectivity index (χ0) is 17.1. The second kappa shape index (κ2) is 7.42. The van der Waals surface area contributed by atoms with Crippen molar-refractivity contribution >= 4 is 45.6 Å². The van der Waals surface area contributed by atoms with Crippen molar-refractivity contribution in [2.24, 2.45) is 0 Å². The summed E-state index contributed by atoms with van der Waals surface area (Å²) in [6.45, 7) is 3.28. The van der Waals surface area contributed by atoms with Gasteiger partial charge in [-0.3, -0.25) is 4.79 Å². The van der Waals surface area contributed by atoms with E-state index in [2.05, 4.69) is 39.7 Å². The third kappa shape index (κ3) is 3.66. The van der Waals surface area contributed by atoms with Gasteiger partial charge in [-0.2, -0.15) is 0 Å². The van der Waals surface area contributed by atoms with E-state index in [1.54, 1.807) is 0 Å². The van der Waals surface area contributed by atoms with Gasteiger partial charge < -0.3 is 16.0 Å². The lowest BCUT2D eigenvalue weighted by molar-refractivity contribution is 0.102. The summed E-state index contributed by atoms with van der Waals surface area (Å²) in [4.78, 5) is 14.8. The first-order chi connectivity index (χ1) is 11.6. The zero-order valence-corrected chi connectivity index (χ0v) is 15.9. The number of nitrogen functional groups attached to an aromatic ring is 1. The highest BCUT2D eigenvalue weighted by atomic mass is 127. The van der Waals surface area contributed by atoms with Crippen molar-refractivity contribution in [3.8, 4) is 0 Å². The molecule has 1 fully saturated rings. The van der Waals surface area contributed by atoms with Crippen LogP contribution in [0.15, 0.2) is 42.5 Å². The van der Waals surface area contributed by atoms with E-state index < -0.39 is 0 Å². The van der Waals surface area contributed by atoms with Gasteiger partial charge >= 0.3 is 0 Å². The van der Waals surface area contributed by atoms with Crippen LogP contribution in [0.5, 0.6) is 0 Å². The van der Waals surface area contributed by atoms with Crippen molar-refractivity contribution in [1.82, 2.24) is 0 Å². The Morgan fingerprint density at radius 1 is 1.25 bits per heavy atom. The summed E-state index contributed by atoms with van der Waals surface area (Å²) in [6, 6.07) is 13.8. The minimum atomic E-state index is -0.113. The maximum Gasteiger partial charge on any atom is 0.256 e. The van der Waals surface area contributed by atoms with Crippen LogP contribution in [0.25, 0.3) is 0 Å². The molecule has 2 aromatic rings. The fourth-order valence-corrected chi connectivity index (χ4v) is 3.83. The number of hydrogen-bond donors (Lipinski definition) is 2. The van der Waals surface area contributed by atoms with Crippen molar-refractivity contribution in [2.45, 2.75) is 32.2 Å². The van der Waals surface area contributed by atoms with Crippen LogP contribution in [0, 0.1) is 3.57 Å². The summed E-state index contributed by atoms with van der Waals surface area (Å²) in [5, 5.41) is 2.94. The van der Waals surface area contributed by atoms with E-state index in [4.69, 9.17) is 5.73 Å². The number of nitrogens with zero attached hydrogens (tertiary/aromatic N) is 1. The third-order valence-corrected chi connectivity index (χ3v) is 5.46. The SMILES string of the molecule is C[C@@H]1CCCCN1c1ccc(NC(=O)c2ccccc2I)cc1N. The number of carbonyl (C=O) groups is 1. The Bertz CT molecular complexity index is 747. The molecule has 1 saturated heterocycles. The molecule has 5 heteroatoms. The molecule has 0 unspecified atom stereocenters. The lowest BCUT2D eigenvalue weighted by atomic mass is 10.0. The van der Waals surface area contributed by atoms with E-state index in [-0.39, 0.29) is 5.91 Å². The Morgan fingerprint density at radius 2 is 2.04 bits per heavy atom. The minimum absolute atomic E-state index is 0.113. The van der Waals surface area contributed by atoms with Crippen LogP contribution >= 0.6 is 22.6 Å². The predicted octanol–water partition coefficient (Wildman–Crippen LogP) is 4.50. The molecular formula is C19H22IN3O. The van der Waals surface area contributed by atoms with Crippen molar-refractivity contribution in [3.63, 3.8) is 0 Å². The molecule has 1 aliphatic heterocycles. The van der Waals surface area contributed by atoms with E-state index in [1.165, 1.54) is 19.3 Å². The normalized spacial score (nSPS) is 17.6. The number of nitrogens with one attached hydrogen (secondary N) is 1. The number of halogens is 1. The standard InChI is InChI=1S/C19H22IN3O/c1-13-6-4-5-11-23(13)18-10-9-14(12-17(18)21)22-19(24)15-7-2-3-8-16(15)20/h2-3,7-10,12-13H,4-6,11,21H2,1H3,(H,22,24)/t13-/m1/s1. The van der Waals surface area contributed by atoms with E-state index in [9.17, 15) is 4.79 Å². The average molecular weight is 435 g/mol. The Balaban J connectivity index is 1.77. The Kier molecular flexibility index (Phi) is 5.28. The fraction of sp³-hybridized carbons (Fsp3) is 0.316. The number of rotatable bonds is 3. The van der Waals surface area contributed by atoms with Crippen molar-refractivity contribution in [2.75, 3.05) is 22.5 Å². The first kappa shape index (κ1) is 17.1. The van der Waals surface area contributed by atoms with Gasteiger partial charge in [0.25, 0.3) is 5.91 Å². The lowest BCUT2D eigenvalue weighted by Crippen LogP contribution is -2.37. The summed E-state index contributed by atoms with van der Waals surface area (Å²) < 4.78 is 0.930. The van der Waals surface area contributed by atoms with Crippen LogP contribution in [0.4, 0.5) is 17.1 Å². The van der Waals surface area contributed by atoms with E-state index in [0.29, 0.717) is 17.3 Å². The molecule has 0 saturated carbocycles. The Hall–Kier alpha value is -1.76. The smallest absolute Gasteiger partial charge is 0.256 e. The molecule has 2 aromatic carbocycles. The van der Waals surface area contributed by atoms with Gasteiger partial charge in [-0.1, -0.05) is 12.1 Å². The second-order valence-corrected chi connectivity index (χ2v) is 7.41. The predicted molar refractivity (Wildman–Crippen MR) is 109 cm³/mol. The van der Waals surface area contributed by atoms with E-state index in [0.717, 1.165) is 21.5 Å². The van der Waals surface area contributed by atoms with Crippen LogP contribution in [-0.2, 0) is 0 Å². The molecule has 0 aromatic heterocycles. The molecule has 1 atom stereocenters. The van der Waals surface area contributed by atoms with Gasteiger partial charge in [-0.05, 0) is 79.1 Å². The van der Waals surface area contributed by atoms with Gasteiger partial charge in [0.1, 0.15) is 0 Å². The molecule has 4 nitrogen and oxygen atoms in total. The van der Waals surface area contributed by atoms with Gasteiger partial charge in [0.05, 0.1) is 16.9 Å². The number of anilines is 3.